The second kappa shape index (κ2) is 6.53. The van der Waals surface area contributed by atoms with Gasteiger partial charge in [0.25, 0.3) is 0 Å². The fraction of sp³-hybridized carbons (Fsp3) is 0.333. The van der Waals surface area contributed by atoms with Gasteiger partial charge in [-0.1, -0.05) is 26.0 Å². The van der Waals surface area contributed by atoms with Gasteiger partial charge < -0.3 is 5.32 Å². The maximum absolute atomic E-state index is 3.55. The van der Waals surface area contributed by atoms with Gasteiger partial charge in [0.1, 0.15) is 0 Å². The van der Waals surface area contributed by atoms with Crippen molar-refractivity contribution in [2.45, 2.75) is 25.8 Å². The highest BCUT2D eigenvalue weighted by atomic mass is 79.9. The smallest absolute Gasteiger partial charge is 0.0320 e. The van der Waals surface area contributed by atoms with Crippen LogP contribution in [0.25, 0.3) is 0 Å². The highest BCUT2D eigenvalue weighted by molar-refractivity contribution is 9.13. The minimum absolute atomic E-state index is 0.181. The average Bonchev–Trinajstić information content (AvgIpc) is 2.88. The van der Waals surface area contributed by atoms with Crippen molar-refractivity contribution >= 4 is 43.2 Å². The van der Waals surface area contributed by atoms with Gasteiger partial charge in [-0.15, -0.1) is 11.3 Å². The van der Waals surface area contributed by atoms with Gasteiger partial charge in [0.2, 0.25) is 0 Å². The van der Waals surface area contributed by atoms with Crippen molar-refractivity contribution in [3.63, 3.8) is 0 Å². The largest absolute Gasteiger partial charge is 0.312 e. The molecule has 0 aliphatic rings. The molecular formula is C15H17Br2NS. The lowest BCUT2D eigenvalue weighted by molar-refractivity contribution is 0.477. The van der Waals surface area contributed by atoms with Crippen LogP contribution in [-0.4, -0.2) is 6.54 Å². The molecule has 1 nitrogen and oxygen atoms in total. The van der Waals surface area contributed by atoms with E-state index in [1.165, 1.54) is 10.4 Å². The van der Waals surface area contributed by atoms with E-state index in [9.17, 15) is 0 Å². The molecule has 4 heteroatoms. The molecule has 2 aromatic rings. The number of nitrogens with one attached hydrogen (secondary N) is 1. The molecule has 0 radical (unpaired) electrons. The Bertz CT molecular complexity index is 535. The molecule has 0 aliphatic heterocycles. The Balaban J connectivity index is 1.91. The number of hydrogen-bond acceptors (Lipinski definition) is 2. The van der Waals surface area contributed by atoms with Crippen LogP contribution >= 0.6 is 43.2 Å². The van der Waals surface area contributed by atoms with E-state index < -0.39 is 0 Å². The molecule has 19 heavy (non-hydrogen) atoms. The molecule has 1 N–H and O–H groups in total. The Labute approximate surface area is 135 Å². The zero-order valence-corrected chi connectivity index (χ0v) is 15.0. The topological polar surface area (TPSA) is 12.0 Å². The molecule has 0 fully saturated rings. The van der Waals surface area contributed by atoms with Gasteiger partial charge in [-0.3, -0.25) is 0 Å². The zero-order valence-electron chi connectivity index (χ0n) is 11.0. The summed E-state index contributed by atoms with van der Waals surface area (Å²) in [4.78, 5) is 1.43. The molecule has 0 aliphatic carbocycles. The second-order valence-electron chi connectivity index (χ2n) is 5.21. The molecule has 2 rings (SSSR count). The van der Waals surface area contributed by atoms with Gasteiger partial charge in [0.15, 0.2) is 0 Å². The summed E-state index contributed by atoms with van der Waals surface area (Å²) in [7, 11) is 0. The molecular weight excluding hydrogens is 386 g/mol. The average molecular weight is 403 g/mol. The third-order valence-electron chi connectivity index (χ3n) is 3.07. The van der Waals surface area contributed by atoms with Gasteiger partial charge in [-0.05, 0) is 61.0 Å². The molecule has 0 atom stereocenters. The minimum atomic E-state index is 0.181. The number of thiophene rings is 1. The Hall–Kier alpha value is -0.160. The van der Waals surface area contributed by atoms with Crippen molar-refractivity contribution in [1.82, 2.24) is 5.32 Å². The minimum Gasteiger partial charge on any atom is -0.312 e. The third kappa shape index (κ3) is 4.15. The first-order chi connectivity index (χ1) is 8.99. The van der Waals surface area contributed by atoms with Crippen LogP contribution in [0.15, 0.2) is 44.7 Å². The molecule has 0 saturated heterocycles. The summed E-state index contributed by atoms with van der Waals surface area (Å²) in [5, 5.41) is 5.69. The highest BCUT2D eigenvalue weighted by Crippen LogP contribution is 2.27. The Morgan fingerprint density at radius 1 is 1.16 bits per heavy atom. The van der Waals surface area contributed by atoms with E-state index in [1.54, 1.807) is 0 Å². The predicted octanol–water partition coefficient (Wildman–Crippen LogP) is 5.34. The van der Waals surface area contributed by atoms with E-state index in [-0.39, 0.29) is 5.41 Å². The Kier molecular flexibility index (Phi) is 5.23. The number of benzene rings is 1. The quantitative estimate of drug-likeness (QED) is 0.711. The summed E-state index contributed by atoms with van der Waals surface area (Å²) in [5.41, 5.74) is 1.47. The lowest BCUT2D eigenvalue weighted by atomic mass is 9.91. The SMILES string of the molecule is CC(C)(CNCc1ccc(Br)c(Br)c1)c1cccs1. The van der Waals surface area contributed by atoms with E-state index in [1.807, 2.05) is 11.3 Å². The predicted molar refractivity (Wildman–Crippen MR) is 90.9 cm³/mol. The summed E-state index contributed by atoms with van der Waals surface area (Å²) in [6.07, 6.45) is 0. The van der Waals surface area contributed by atoms with Crippen molar-refractivity contribution in [2.75, 3.05) is 6.54 Å². The highest BCUT2D eigenvalue weighted by Gasteiger charge is 2.20. The molecule has 0 bridgehead atoms. The van der Waals surface area contributed by atoms with E-state index in [4.69, 9.17) is 0 Å². The molecule has 0 unspecified atom stereocenters. The summed E-state index contributed by atoms with van der Waals surface area (Å²) in [6, 6.07) is 10.7. The number of hydrogen-bond donors (Lipinski definition) is 1. The van der Waals surface area contributed by atoms with Crippen molar-refractivity contribution in [3.05, 3.63) is 55.1 Å². The maximum Gasteiger partial charge on any atom is 0.0320 e. The first kappa shape index (κ1) is 15.2. The lowest BCUT2D eigenvalue weighted by Gasteiger charge is -2.23. The molecule has 0 amide bonds. The van der Waals surface area contributed by atoms with Crippen LogP contribution in [0.2, 0.25) is 0 Å². The first-order valence-electron chi connectivity index (χ1n) is 6.18. The Morgan fingerprint density at radius 2 is 1.95 bits per heavy atom. The molecule has 1 aromatic carbocycles. The fourth-order valence-electron chi connectivity index (χ4n) is 1.92. The molecule has 1 aromatic heterocycles. The summed E-state index contributed by atoms with van der Waals surface area (Å²) < 4.78 is 2.19. The third-order valence-corrected chi connectivity index (χ3v) is 6.18. The fourth-order valence-corrected chi connectivity index (χ4v) is 3.44. The van der Waals surface area contributed by atoms with Gasteiger partial charge in [0.05, 0.1) is 0 Å². The summed E-state index contributed by atoms with van der Waals surface area (Å²) >= 11 is 8.85. The van der Waals surface area contributed by atoms with Gasteiger partial charge >= 0.3 is 0 Å². The van der Waals surface area contributed by atoms with Crippen LogP contribution in [0.1, 0.15) is 24.3 Å². The molecule has 1 heterocycles. The number of halogens is 2. The molecule has 102 valence electrons. The van der Waals surface area contributed by atoms with Crippen LogP contribution in [0.4, 0.5) is 0 Å². The molecule has 0 saturated carbocycles. The van der Waals surface area contributed by atoms with Crippen LogP contribution in [0.5, 0.6) is 0 Å². The van der Waals surface area contributed by atoms with Gasteiger partial charge in [0, 0.05) is 32.3 Å². The lowest BCUT2D eigenvalue weighted by Crippen LogP contribution is -2.31. The van der Waals surface area contributed by atoms with Crippen molar-refractivity contribution < 1.29 is 0 Å². The van der Waals surface area contributed by atoms with Gasteiger partial charge in [-0.2, -0.15) is 0 Å². The molecule has 0 spiro atoms. The zero-order chi connectivity index (χ0) is 13.9. The number of rotatable bonds is 5. The normalized spacial score (nSPS) is 11.8. The monoisotopic (exact) mass is 401 g/mol. The van der Waals surface area contributed by atoms with E-state index in [2.05, 4.69) is 86.7 Å². The van der Waals surface area contributed by atoms with Crippen molar-refractivity contribution in [3.8, 4) is 0 Å². The van der Waals surface area contributed by atoms with Gasteiger partial charge in [-0.25, -0.2) is 0 Å². The van der Waals surface area contributed by atoms with Crippen LogP contribution in [0, 0.1) is 0 Å². The first-order valence-corrected chi connectivity index (χ1v) is 8.64. The van der Waals surface area contributed by atoms with E-state index in [0.717, 1.165) is 22.0 Å². The standard InChI is InChI=1S/C15H17Br2NS/c1-15(2,14-4-3-7-19-14)10-18-9-11-5-6-12(16)13(17)8-11/h3-8,18H,9-10H2,1-2H3. The van der Waals surface area contributed by atoms with Crippen LogP contribution in [0.3, 0.4) is 0 Å². The summed E-state index contributed by atoms with van der Waals surface area (Å²) in [5.74, 6) is 0. The second-order valence-corrected chi connectivity index (χ2v) is 7.87. The summed E-state index contributed by atoms with van der Waals surface area (Å²) in [6.45, 7) is 6.43. The van der Waals surface area contributed by atoms with Crippen LogP contribution in [-0.2, 0) is 12.0 Å². The van der Waals surface area contributed by atoms with E-state index in [0.29, 0.717) is 0 Å². The van der Waals surface area contributed by atoms with Crippen molar-refractivity contribution in [1.29, 1.82) is 0 Å². The maximum atomic E-state index is 3.55. The van der Waals surface area contributed by atoms with Crippen molar-refractivity contribution in [2.24, 2.45) is 0 Å². The van der Waals surface area contributed by atoms with E-state index >= 15 is 0 Å². The Morgan fingerprint density at radius 3 is 2.58 bits per heavy atom. The van der Waals surface area contributed by atoms with Crippen LogP contribution < -0.4 is 5.32 Å².